The summed E-state index contributed by atoms with van der Waals surface area (Å²) in [5.41, 5.74) is 4.90. The van der Waals surface area contributed by atoms with Crippen LogP contribution in [0.3, 0.4) is 0 Å². The summed E-state index contributed by atoms with van der Waals surface area (Å²) in [5.74, 6) is -0.108. The lowest BCUT2D eigenvalue weighted by Crippen LogP contribution is -2.22. The van der Waals surface area contributed by atoms with Gasteiger partial charge >= 0.3 is 0 Å². The molecule has 0 aliphatic carbocycles. The van der Waals surface area contributed by atoms with Crippen LogP contribution >= 0.6 is 11.3 Å². The smallest absolute Gasteiger partial charge is 0.263 e. The Kier molecular flexibility index (Phi) is 6.99. The van der Waals surface area contributed by atoms with Crippen LogP contribution in [0.2, 0.25) is 0 Å². The van der Waals surface area contributed by atoms with Crippen molar-refractivity contribution in [3.63, 3.8) is 0 Å². The number of carbonyl (C=O) groups is 2. The number of nitrogens with zero attached hydrogens (tertiary/aromatic N) is 1. The molecule has 0 saturated carbocycles. The number of aryl methyl sites for hydroxylation is 1. The predicted molar refractivity (Wildman–Crippen MR) is 132 cm³/mol. The summed E-state index contributed by atoms with van der Waals surface area (Å²) in [6, 6.07) is 16.4. The lowest BCUT2D eigenvalue weighted by atomic mass is 9.87. The summed E-state index contributed by atoms with van der Waals surface area (Å²) in [4.78, 5) is 29.2. The third kappa shape index (κ3) is 5.92. The topological polar surface area (TPSA) is 59.1 Å². The monoisotopic (exact) mass is 448 g/mol. The SMILES string of the molecule is Cc1nc(-c2ccc(C(C)(C)C)cc2)sc1C(=O)NCc1ccc(CC(C)(C)C=O)cc1. The molecule has 1 heterocycles. The van der Waals surface area contributed by atoms with E-state index in [4.69, 9.17) is 0 Å². The number of benzene rings is 2. The van der Waals surface area contributed by atoms with E-state index in [1.54, 1.807) is 0 Å². The first-order valence-electron chi connectivity index (χ1n) is 10.9. The fourth-order valence-electron chi connectivity index (χ4n) is 3.45. The largest absolute Gasteiger partial charge is 0.347 e. The highest BCUT2D eigenvalue weighted by molar-refractivity contribution is 7.17. The Bertz CT molecular complexity index is 1090. The molecule has 0 radical (unpaired) electrons. The van der Waals surface area contributed by atoms with Crippen molar-refractivity contribution >= 4 is 23.5 Å². The Morgan fingerprint density at radius 2 is 1.56 bits per heavy atom. The van der Waals surface area contributed by atoms with E-state index >= 15 is 0 Å². The van der Waals surface area contributed by atoms with Crippen LogP contribution in [0.1, 0.15) is 66.7 Å². The van der Waals surface area contributed by atoms with Gasteiger partial charge < -0.3 is 10.1 Å². The first-order valence-corrected chi connectivity index (χ1v) is 11.7. The van der Waals surface area contributed by atoms with Crippen molar-refractivity contribution in [3.05, 3.63) is 75.8 Å². The van der Waals surface area contributed by atoms with Crippen LogP contribution in [0.4, 0.5) is 0 Å². The van der Waals surface area contributed by atoms with Gasteiger partial charge in [-0.3, -0.25) is 4.79 Å². The minimum atomic E-state index is -0.371. The molecule has 32 heavy (non-hydrogen) atoms. The Hall–Kier alpha value is -2.79. The second-order valence-electron chi connectivity index (χ2n) is 10.0. The summed E-state index contributed by atoms with van der Waals surface area (Å²) in [6.07, 6.45) is 1.69. The highest BCUT2D eigenvalue weighted by Crippen LogP contribution is 2.30. The fraction of sp³-hybridized carbons (Fsp3) is 0.370. The molecule has 0 spiro atoms. The van der Waals surface area contributed by atoms with Crippen LogP contribution in [0.5, 0.6) is 0 Å². The number of hydrogen-bond donors (Lipinski definition) is 1. The Labute approximate surface area is 195 Å². The van der Waals surface area contributed by atoms with Crippen LogP contribution in [0, 0.1) is 12.3 Å². The van der Waals surface area contributed by atoms with E-state index in [0.29, 0.717) is 17.8 Å². The molecule has 0 aliphatic heterocycles. The molecule has 2 aromatic carbocycles. The van der Waals surface area contributed by atoms with Crippen molar-refractivity contribution in [2.45, 2.75) is 59.9 Å². The van der Waals surface area contributed by atoms with Crippen molar-refractivity contribution in [3.8, 4) is 10.6 Å². The highest BCUT2D eigenvalue weighted by atomic mass is 32.1. The van der Waals surface area contributed by atoms with Gasteiger partial charge in [-0.2, -0.15) is 0 Å². The van der Waals surface area contributed by atoms with E-state index in [1.165, 1.54) is 16.9 Å². The molecule has 0 atom stereocenters. The Balaban J connectivity index is 1.65. The van der Waals surface area contributed by atoms with Crippen LogP contribution in [-0.2, 0) is 23.2 Å². The van der Waals surface area contributed by atoms with Crippen molar-refractivity contribution in [1.29, 1.82) is 0 Å². The summed E-state index contributed by atoms with van der Waals surface area (Å²) in [5, 5.41) is 3.86. The number of nitrogens with one attached hydrogen (secondary N) is 1. The lowest BCUT2D eigenvalue weighted by Gasteiger charge is -2.18. The van der Waals surface area contributed by atoms with E-state index in [1.807, 2.05) is 45.0 Å². The zero-order valence-corrected chi connectivity index (χ0v) is 20.6. The second-order valence-corrected chi connectivity index (χ2v) is 11.0. The summed E-state index contributed by atoms with van der Waals surface area (Å²) in [7, 11) is 0. The molecule has 4 nitrogen and oxygen atoms in total. The zero-order valence-electron chi connectivity index (χ0n) is 19.8. The van der Waals surface area contributed by atoms with Gasteiger partial charge in [-0.25, -0.2) is 4.98 Å². The third-order valence-corrected chi connectivity index (χ3v) is 6.66. The van der Waals surface area contributed by atoms with Crippen LogP contribution in [-0.4, -0.2) is 17.2 Å². The van der Waals surface area contributed by atoms with E-state index in [0.717, 1.165) is 33.7 Å². The Morgan fingerprint density at radius 3 is 2.12 bits per heavy atom. The average molecular weight is 449 g/mol. The zero-order chi connectivity index (χ0) is 23.5. The number of aldehydes is 1. The second kappa shape index (κ2) is 9.37. The van der Waals surface area contributed by atoms with E-state index in [9.17, 15) is 9.59 Å². The molecule has 3 rings (SSSR count). The fourth-order valence-corrected chi connectivity index (χ4v) is 4.44. The highest BCUT2D eigenvalue weighted by Gasteiger charge is 2.19. The summed E-state index contributed by atoms with van der Waals surface area (Å²) < 4.78 is 0. The molecule has 0 saturated heterocycles. The molecule has 3 aromatic rings. The minimum absolute atomic E-state index is 0.102. The number of hydrogen-bond acceptors (Lipinski definition) is 4. The molecule has 168 valence electrons. The van der Waals surface area contributed by atoms with Crippen molar-refractivity contribution in [1.82, 2.24) is 10.3 Å². The standard InChI is InChI=1S/C27H32N2O2S/c1-18-23(32-25(29-18)21-11-13-22(14-12-21)26(2,3)4)24(31)28-16-20-9-7-19(8-10-20)15-27(5,6)17-30/h7-14,17H,15-16H2,1-6H3,(H,28,31). The third-order valence-electron chi connectivity index (χ3n) is 5.46. The first kappa shape index (κ1) is 23.9. The molecule has 5 heteroatoms. The van der Waals surface area contributed by atoms with Crippen LogP contribution in [0.15, 0.2) is 48.5 Å². The molecule has 1 aromatic heterocycles. The van der Waals surface area contributed by atoms with Gasteiger partial charge in [-0.15, -0.1) is 11.3 Å². The number of amides is 1. The number of rotatable bonds is 7. The number of aromatic nitrogens is 1. The maximum Gasteiger partial charge on any atom is 0.263 e. The normalized spacial score (nSPS) is 11.9. The number of thiazole rings is 1. The molecule has 0 aliphatic rings. The predicted octanol–water partition coefficient (Wildman–Crippen LogP) is 6.11. The maximum atomic E-state index is 12.8. The molecule has 0 bridgehead atoms. The van der Waals surface area contributed by atoms with E-state index < -0.39 is 0 Å². The van der Waals surface area contributed by atoms with Gasteiger partial charge in [0.15, 0.2) is 0 Å². The minimum Gasteiger partial charge on any atom is -0.347 e. The summed E-state index contributed by atoms with van der Waals surface area (Å²) in [6.45, 7) is 12.8. The molecule has 0 fully saturated rings. The Morgan fingerprint density at radius 1 is 0.969 bits per heavy atom. The molecule has 0 unspecified atom stereocenters. The van der Waals surface area contributed by atoms with Gasteiger partial charge in [-0.1, -0.05) is 83.1 Å². The van der Waals surface area contributed by atoms with Gasteiger partial charge in [0.2, 0.25) is 0 Å². The van der Waals surface area contributed by atoms with Gasteiger partial charge in [0.1, 0.15) is 16.2 Å². The van der Waals surface area contributed by atoms with E-state index in [-0.39, 0.29) is 16.7 Å². The van der Waals surface area contributed by atoms with E-state index in [2.05, 4.69) is 55.3 Å². The molecule has 1 N–H and O–H groups in total. The van der Waals surface area contributed by atoms with Crippen molar-refractivity contribution in [2.24, 2.45) is 5.41 Å². The van der Waals surface area contributed by atoms with Gasteiger partial charge in [0, 0.05) is 17.5 Å². The van der Waals surface area contributed by atoms with Crippen LogP contribution in [0.25, 0.3) is 10.6 Å². The summed E-state index contributed by atoms with van der Waals surface area (Å²) >= 11 is 1.42. The quantitative estimate of drug-likeness (QED) is 0.443. The average Bonchev–Trinajstić information content (AvgIpc) is 3.14. The van der Waals surface area contributed by atoms with Gasteiger partial charge in [-0.05, 0) is 35.4 Å². The van der Waals surface area contributed by atoms with Gasteiger partial charge in [0.25, 0.3) is 5.91 Å². The molecular formula is C27H32N2O2S. The van der Waals surface area contributed by atoms with Crippen molar-refractivity contribution in [2.75, 3.05) is 0 Å². The molecular weight excluding hydrogens is 416 g/mol. The van der Waals surface area contributed by atoms with Crippen molar-refractivity contribution < 1.29 is 9.59 Å². The van der Waals surface area contributed by atoms with Gasteiger partial charge in [0.05, 0.1) is 5.69 Å². The van der Waals surface area contributed by atoms with Crippen LogP contribution < -0.4 is 5.32 Å². The molecule has 1 amide bonds. The first-order chi connectivity index (χ1) is 15.0. The lowest BCUT2D eigenvalue weighted by molar-refractivity contribution is -0.114. The maximum absolute atomic E-state index is 12.8. The number of carbonyl (C=O) groups excluding carboxylic acids is 2.